The number of ketones is 1. The summed E-state index contributed by atoms with van der Waals surface area (Å²) in [6.45, 7) is 15.9. The molecule has 0 aliphatic heterocycles. The van der Waals surface area contributed by atoms with Crippen LogP contribution in [0.5, 0.6) is 0 Å². The number of aromatic nitrogens is 1. The minimum atomic E-state index is -0.125. The van der Waals surface area contributed by atoms with E-state index in [4.69, 9.17) is 14.5 Å². The van der Waals surface area contributed by atoms with Crippen LogP contribution >= 0.6 is 0 Å². The van der Waals surface area contributed by atoms with Gasteiger partial charge in [-0.3, -0.25) is 4.79 Å². The number of benzene rings is 3. The quantitative estimate of drug-likeness (QED) is 0.113. The number of fused-ring (bicyclic) bond motifs is 1. The topological polar surface area (TPSA) is 63.3 Å². The van der Waals surface area contributed by atoms with Gasteiger partial charge < -0.3 is 14.5 Å². The summed E-state index contributed by atoms with van der Waals surface area (Å²) in [5, 5.41) is 9.36. The van der Waals surface area contributed by atoms with Gasteiger partial charge in [0.2, 0.25) is 0 Å². The molecule has 1 N–H and O–H groups in total. The SMILES string of the molecule is CC(=O)/C=C(/C)O.Cc1[c-]c(-c2cc3oc(-c4ccc(-c5c(C)cccc5C)cc4)cc3cn2)cc(C(C)(C)C)c1.[Ir]. The summed E-state index contributed by atoms with van der Waals surface area (Å²) >= 11 is 0. The maximum Gasteiger partial charge on any atom is 0.155 e. The van der Waals surface area contributed by atoms with E-state index in [1.165, 1.54) is 47.7 Å². The predicted octanol–water partition coefficient (Wildman–Crippen LogP) is 9.89. The van der Waals surface area contributed by atoms with Gasteiger partial charge in [-0.2, -0.15) is 0 Å². The molecule has 0 aliphatic carbocycles. The number of hydrogen-bond acceptors (Lipinski definition) is 4. The first-order valence-corrected chi connectivity index (χ1v) is 13.8. The van der Waals surface area contributed by atoms with Crippen molar-refractivity contribution >= 4 is 16.8 Å². The standard InChI is InChI=1S/C32H30NO.C5H8O2.Ir/c1-20-14-25(16-27(15-20)32(4,5)6)28-18-30-26(19-33-28)17-29(34-30)23-10-12-24(13-11-23)31-21(2)8-7-9-22(31)3;1-4(6)3-5(2)7;/h7-13,15-19H,1-6H3;3,6H,1-2H3;/q-1;;/b;4-3-;. The van der Waals surface area contributed by atoms with Crippen molar-refractivity contribution in [3.05, 3.63) is 113 Å². The third kappa shape index (κ3) is 7.94. The van der Waals surface area contributed by atoms with Crippen LogP contribution in [0.2, 0.25) is 0 Å². The van der Waals surface area contributed by atoms with Gasteiger partial charge in [0.1, 0.15) is 11.3 Å². The summed E-state index contributed by atoms with van der Waals surface area (Å²) in [5.41, 5.74) is 11.4. The van der Waals surface area contributed by atoms with Gasteiger partial charge in [-0.15, -0.1) is 34.9 Å². The number of allylic oxidation sites excluding steroid dienone is 2. The second-order valence-electron chi connectivity index (χ2n) is 11.7. The van der Waals surface area contributed by atoms with Gasteiger partial charge in [-0.25, -0.2) is 0 Å². The second kappa shape index (κ2) is 13.5. The Bertz CT molecular complexity index is 1710. The van der Waals surface area contributed by atoms with Crippen LogP contribution in [0.15, 0.2) is 89.2 Å². The molecule has 0 saturated heterocycles. The summed E-state index contributed by atoms with van der Waals surface area (Å²) in [6.07, 6.45) is 3.07. The Morgan fingerprint density at radius 1 is 0.905 bits per heavy atom. The number of aliphatic hydroxyl groups is 1. The Morgan fingerprint density at radius 3 is 2.07 bits per heavy atom. The average molecular weight is 737 g/mol. The van der Waals surface area contributed by atoms with E-state index in [1.54, 1.807) is 0 Å². The molecule has 4 nitrogen and oxygen atoms in total. The molecule has 0 spiro atoms. The van der Waals surface area contributed by atoms with Gasteiger partial charge in [0.05, 0.1) is 5.76 Å². The number of rotatable bonds is 4. The van der Waals surface area contributed by atoms with Gasteiger partial charge in [0, 0.05) is 43.3 Å². The number of aliphatic hydroxyl groups excluding tert-OH is 1. The third-order valence-corrected chi connectivity index (χ3v) is 6.90. The van der Waals surface area contributed by atoms with Crippen LogP contribution in [-0.4, -0.2) is 15.9 Å². The molecule has 5 rings (SSSR count). The van der Waals surface area contributed by atoms with Crippen molar-refractivity contribution in [1.82, 2.24) is 4.98 Å². The minimum absolute atomic E-state index is 0. The molecule has 1 radical (unpaired) electrons. The minimum Gasteiger partial charge on any atom is -0.512 e. The molecule has 5 heteroatoms. The van der Waals surface area contributed by atoms with Crippen LogP contribution in [0.25, 0.3) is 44.7 Å². The first-order chi connectivity index (χ1) is 19.3. The van der Waals surface area contributed by atoms with E-state index in [2.05, 4.69) is 108 Å². The fraction of sp³-hybridized carbons (Fsp3) is 0.243. The van der Waals surface area contributed by atoms with Crippen molar-refractivity contribution in [3.63, 3.8) is 0 Å². The van der Waals surface area contributed by atoms with Crippen molar-refractivity contribution in [2.24, 2.45) is 0 Å². The number of pyridine rings is 1. The molecule has 5 aromatic rings. The zero-order chi connectivity index (χ0) is 29.9. The monoisotopic (exact) mass is 737 g/mol. The van der Waals surface area contributed by atoms with Crippen molar-refractivity contribution in [1.29, 1.82) is 0 Å². The van der Waals surface area contributed by atoms with Crippen LogP contribution in [0.4, 0.5) is 0 Å². The first kappa shape index (κ1) is 32.7. The number of nitrogens with zero attached hydrogens (tertiary/aromatic N) is 1. The van der Waals surface area contributed by atoms with E-state index in [9.17, 15) is 4.79 Å². The van der Waals surface area contributed by atoms with Gasteiger partial charge in [0.15, 0.2) is 5.78 Å². The summed E-state index contributed by atoms with van der Waals surface area (Å²) in [5.74, 6) is 0.790. The van der Waals surface area contributed by atoms with Crippen molar-refractivity contribution < 1.29 is 34.4 Å². The van der Waals surface area contributed by atoms with Crippen molar-refractivity contribution in [3.8, 4) is 33.7 Å². The summed E-state index contributed by atoms with van der Waals surface area (Å²) < 4.78 is 6.28. The molecule has 219 valence electrons. The maximum absolute atomic E-state index is 10.0. The number of furan rings is 1. The van der Waals surface area contributed by atoms with Gasteiger partial charge in [-0.1, -0.05) is 70.2 Å². The number of carbonyl (C=O) groups is 1. The van der Waals surface area contributed by atoms with E-state index in [0.717, 1.165) is 39.1 Å². The number of hydrogen-bond donors (Lipinski definition) is 1. The van der Waals surface area contributed by atoms with Gasteiger partial charge in [-0.05, 0) is 73.2 Å². The molecule has 0 atom stereocenters. The largest absolute Gasteiger partial charge is 0.512 e. The molecule has 0 saturated carbocycles. The van der Waals surface area contributed by atoms with E-state index >= 15 is 0 Å². The van der Waals surface area contributed by atoms with E-state index in [1.807, 2.05) is 12.3 Å². The maximum atomic E-state index is 10.0. The number of aryl methyl sites for hydroxylation is 3. The molecule has 0 aliphatic rings. The molecule has 42 heavy (non-hydrogen) atoms. The molecule has 2 heterocycles. The smallest absolute Gasteiger partial charge is 0.155 e. The molecule has 0 bridgehead atoms. The van der Waals surface area contributed by atoms with E-state index < -0.39 is 0 Å². The molecular formula is C37H38IrNO3-. The van der Waals surface area contributed by atoms with Crippen molar-refractivity contribution in [2.75, 3.05) is 0 Å². The summed E-state index contributed by atoms with van der Waals surface area (Å²) in [4.78, 5) is 14.7. The Morgan fingerprint density at radius 2 is 1.52 bits per heavy atom. The third-order valence-electron chi connectivity index (χ3n) is 6.90. The Hall–Kier alpha value is -3.79. The molecule has 0 fully saturated rings. The number of carbonyl (C=O) groups excluding carboxylic acids is 1. The Balaban J connectivity index is 0.000000541. The van der Waals surface area contributed by atoms with Gasteiger partial charge in [0.25, 0.3) is 0 Å². The fourth-order valence-corrected chi connectivity index (χ4v) is 4.87. The molecular weight excluding hydrogens is 699 g/mol. The van der Waals surface area contributed by atoms with E-state index in [-0.39, 0.29) is 37.1 Å². The predicted molar refractivity (Wildman–Crippen MR) is 169 cm³/mol. The fourth-order valence-electron chi connectivity index (χ4n) is 4.87. The van der Waals surface area contributed by atoms with Crippen LogP contribution in [0, 0.1) is 26.8 Å². The van der Waals surface area contributed by atoms with Crippen LogP contribution in [-0.2, 0) is 30.3 Å². The average Bonchev–Trinajstić information content (AvgIpc) is 3.31. The normalized spacial score (nSPS) is 11.5. The van der Waals surface area contributed by atoms with E-state index in [0.29, 0.717) is 0 Å². The van der Waals surface area contributed by atoms with Gasteiger partial charge >= 0.3 is 0 Å². The van der Waals surface area contributed by atoms with Crippen LogP contribution in [0.3, 0.4) is 0 Å². The molecule has 0 amide bonds. The summed E-state index contributed by atoms with van der Waals surface area (Å²) in [6, 6.07) is 27.0. The van der Waals surface area contributed by atoms with Crippen molar-refractivity contribution in [2.45, 2.75) is 60.8 Å². The second-order valence-corrected chi connectivity index (χ2v) is 11.7. The van der Waals surface area contributed by atoms with Crippen LogP contribution in [0.1, 0.15) is 56.9 Å². The molecule has 3 aromatic carbocycles. The Kier molecular flexibility index (Phi) is 10.5. The van der Waals surface area contributed by atoms with Crippen LogP contribution < -0.4 is 0 Å². The Labute approximate surface area is 262 Å². The molecule has 0 unspecified atom stereocenters. The summed E-state index contributed by atoms with van der Waals surface area (Å²) in [7, 11) is 0. The molecule has 2 aromatic heterocycles. The first-order valence-electron chi connectivity index (χ1n) is 13.8. The zero-order valence-corrected chi connectivity index (χ0v) is 27.9. The zero-order valence-electron chi connectivity index (χ0n) is 25.5.